The summed E-state index contributed by atoms with van der Waals surface area (Å²) in [5.74, 6) is -1.17. The van der Waals surface area contributed by atoms with Crippen molar-refractivity contribution in [1.82, 2.24) is 4.98 Å². The Bertz CT molecular complexity index is 1200. The lowest BCUT2D eigenvalue weighted by Crippen LogP contribution is -2.30. The zero-order chi connectivity index (χ0) is 23.1. The van der Waals surface area contributed by atoms with E-state index in [2.05, 4.69) is 10.3 Å². The van der Waals surface area contributed by atoms with E-state index >= 15 is 0 Å². The molecule has 0 radical (unpaired) electrons. The summed E-state index contributed by atoms with van der Waals surface area (Å²) >= 11 is 5.74. The van der Waals surface area contributed by atoms with Gasteiger partial charge in [-0.05, 0) is 49.4 Å². The Balaban J connectivity index is 1.70. The lowest BCUT2D eigenvalue weighted by atomic mass is 10.2. The summed E-state index contributed by atoms with van der Waals surface area (Å²) in [6.45, 7) is 1.36. The molecule has 0 aliphatic rings. The fourth-order valence-electron chi connectivity index (χ4n) is 2.84. The minimum Gasteiger partial charge on any atom is -0.452 e. The van der Waals surface area contributed by atoms with Crippen LogP contribution in [0.2, 0.25) is 5.02 Å². The van der Waals surface area contributed by atoms with Crippen molar-refractivity contribution in [2.75, 3.05) is 22.8 Å². The van der Waals surface area contributed by atoms with Crippen molar-refractivity contribution < 1.29 is 22.7 Å². The van der Waals surface area contributed by atoms with Crippen LogP contribution in [0.15, 0.2) is 77.8 Å². The molecule has 0 saturated carbocycles. The molecule has 0 spiro atoms. The first-order valence-corrected chi connectivity index (χ1v) is 11.4. The normalized spacial score (nSPS) is 10.9. The summed E-state index contributed by atoms with van der Waals surface area (Å²) in [6.07, 6.45) is 1.37. The second-order valence-corrected chi connectivity index (χ2v) is 8.82. The maximum atomic E-state index is 13.1. The number of esters is 1. The maximum Gasteiger partial charge on any atom is 0.338 e. The molecule has 0 unspecified atom stereocenters. The predicted octanol–water partition coefficient (Wildman–Crippen LogP) is 3.75. The van der Waals surface area contributed by atoms with Gasteiger partial charge in [0.2, 0.25) is 0 Å². The number of nitrogens with one attached hydrogen (secondary N) is 1. The van der Waals surface area contributed by atoms with Crippen LogP contribution in [0, 0.1) is 0 Å². The number of halogens is 1. The highest BCUT2D eigenvalue weighted by Gasteiger charge is 2.24. The third-order valence-corrected chi connectivity index (χ3v) is 6.44. The van der Waals surface area contributed by atoms with Gasteiger partial charge in [0.15, 0.2) is 6.61 Å². The molecule has 0 aliphatic carbocycles. The number of ether oxygens (including phenoxy) is 1. The first-order chi connectivity index (χ1) is 15.3. The first-order valence-electron chi connectivity index (χ1n) is 9.57. The number of nitrogens with zero attached hydrogens (tertiary/aromatic N) is 2. The van der Waals surface area contributed by atoms with Crippen LogP contribution in [0.1, 0.15) is 17.3 Å². The Morgan fingerprint density at radius 3 is 2.47 bits per heavy atom. The summed E-state index contributed by atoms with van der Waals surface area (Å²) in [4.78, 5) is 28.2. The van der Waals surface area contributed by atoms with E-state index in [0.717, 1.165) is 0 Å². The van der Waals surface area contributed by atoms with Crippen LogP contribution in [0.3, 0.4) is 0 Å². The number of para-hydroxylation sites is 1. The van der Waals surface area contributed by atoms with Gasteiger partial charge in [-0.15, -0.1) is 0 Å². The number of amides is 1. The number of anilines is 2. The molecule has 2 aromatic carbocycles. The van der Waals surface area contributed by atoms with E-state index in [0.29, 0.717) is 10.7 Å². The number of pyridine rings is 1. The molecule has 1 heterocycles. The molecule has 10 heteroatoms. The molecule has 0 saturated heterocycles. The standard InChI is InChI=1S/C22H20ClN3O5S/c1-2-26(18-8-4-3-5-9-18)32(29,30)19-10-6-7-16(13-19)22(28)31-15-21(27)25-20-12-11-17(23)14-24-20/h3-14H,2,15H2,1H3,(H,24,25,27). The van der Waals surface area contributed by atoms with Crippen LogP contribution >= 0.6 is 11.6 Å². The van der Waals surface area contributed by atoms with E-state index < -0.39 is 28.5 Å². The van der Waals surface area contributed by atoms with E-state index in [1.54, 1.807) is 43.3 Å². The van der Waals surface area contributed by atoms with Gasteiger partial charge in [-0.25, -0.2) is 18.2 Å². The minimum atomic E-state index is -3.91. The molecular weight excluding hydrogens is 454 g/mol. The topological polar surface area (TPSA) is 106 Å². The Kier molecular flexibility index (Phi) is 7.45. The SMILES string of the molecule is CCN(c1ccccc1)S(=O)(=O)c1cccc(C(=O)OCC(=O)Nc2ccc(Cl)cn2)c1. The van der Waals surface area contributed by atoms with Crippen molar-refractivity contribution >= 4 is 45.0 Å². The molecule has 8 nitrogen and oxygen atoms in total. The Morgan fingerprint density at radius 1 is 1.06 bits per heavy atom. The van der Waals surface area contributed by atoms with Crippen molar-refractivity contribution in [2.24, 2.45) is 0 Å². The monoisotopic (exact) mass is 473 g/mol. The van der Waals surface area contributed by atoms with Crippen molar-refractivity contribution in [3.05, 3.63) is 83.5 Å². The molecule has 0 atom stereocenters. The molecule has 1 aromatic heterocycles. The highest BCUT2D eigenvalue weighted by Crippen LogP contribution is 2.24. The molecule has 0 fully saturated rings. The second-order valence-electron chi connectivity index (χ2n) is 6.52. The lowest BCUT2D eigenvalue weighted by Gasteiger charge is -2.23. The van der Waals surface area contributed by atoms with E-state index in [-0.39, 0.29) is 22.8 Å². The molecule has 32 heavy (non-hydrogen) atoms. The van der Waals surface area contributed by atoms with Crippen LogP contribution in [0.25, 0.3) is 0 Å². The Labute approximate surface area is 190 Å². The van der Waals surface area contributed by atoms with Gasteiger partial charge in [0.25, 0.3) is 15.9 Å². The second kappa shape index (κ2) is 10.3. The van der Waals surface area contributed by atoms with Crippen molar-refractivity contribution in [3.8, 4) is 0 Å². The van der Waals surface area contributed by atoms with E-state index in [1.807, 2.05) is 0 Å². The van der Waals surface area contributed by atoms with Crippen LogP contribution < -0.4 is 9.62 Å². The third-order valence-electron chi connectivity index (χ3n) is 4.32. The third kappa shape index (κ3) is 5.63. The highest BCUT2D eigenvalue weighted by atomic mass is 35.5. The van der Waals surface area contributed by atoms with Crippen LogP contribution in [-0.2, 0) is 19.6 Å². The quantitative estimate of drug-likeness (QED) is 0.499. The summed E-state index contributed by atoms with van der Waals surface area (Å²) < 4.78 is 32.5. The van der Waals surface area contributed by atoms with Gasteiger partial charge in [0.05, 0.1) is 21.2 Å². The molecule has 166 valence electrons. The lowest BCUT2D eigenvalue weighted by molar-refractivity contribution is -0.119. The van der Waals surface area contributed by atoms with Gasteiger partial charge in [0.1, 0.15) is 5.82 Å². The number of carbonyl (C=O) groups excluding carboxylic acids is 2. The Morgan fingerprint density at radius 2 is 1.81 bits per heavy atom. The molecule has 0 aliphatic heterocycles. The van der Waals surface area contributed by atoms with Crippen LogP contribution in [-0.4, -0.2) is 38.4 Å². The average Bonchev–Trinajstić information content (AvgIpc) is 2.80. The van der Waals surface area contributed by atoms with Gasteiger partial charge >= 0.3 is 5.97 Å². The van der Waals surface area contributed by atoms with Crippen molar-refractivity contribution in [3.63, 3.8) is 0 Å². The molecule has 0 bridgehead atoms. The van der Waals surface area contributed by atoms with Crippen molar-refractivity contribution in [2.45, 2.75) is 11.8 Å². The number of sulfonamides is 1. The average molecular weight is 474 g/mol. The van der Waals surface area contributed by atoms with Gasteiger partial charge < -0.3 is 10.1 Å². The smallest absolute Gasteiger partial charge is 0.338 e. The molecule has 1 amide bonds. The van der Waals surface area contributed by atoms with Gasteiger partial charge in [-0.3, -0.25) is 9.10 Å². The highest BCUT2D eigenvalue weighted by molar-refractivity contribution is 7.92. The zero-order valence-electron chi connectivity index (χ0n) is 17.1. The van der Waals surface area contributed by atoms with Gasteiger partial charge in [0, 0.05) is 12.7 Å². The fourth-order valence-corrected chi connectivity index (χ4v) is 4.47. The van der Waals surface area contributed by atoms with Gasteiger partial charge in [-0.1, -0.05) is 35.9 Å². The first kappa shape index (κ1) is 23.2. The van der Waals surface area contributed by atoms with E-state index in [9.17, 15) is 18.0 Å². The predicted molar refractivity (Wildman–Crippen MR) is 121 cm³/mol. The van der Waals surface area contributed by atoms with E-state index in [1.165, 1.54) is 40.8 Å². The molecule has 3 aromatic rings. The Hall–Kier alpha value is -3.43. The number of carbonyl (C=O) groups is 2. The number of hydrogen-bond donors (Lipinski definition) is 1. The summed E-state index contributed by atoms with van der Waals surface area (Å²) in [5, 5.41) is 2.88. The fraction of sp³-hybridized carbons (Fsp3) is 0.136. The van der Waals surface area contributed by atoms with Crippen LogP contribution in [0.5, 0.6) is 0 Å². The maximum absolute atomic E-state index is 13.1. The zero-order valence-corrected chi connectivity index (χ0v) is 18.6. The minimum absolute atomic E-state index is 0.00704. The summed E-state index contributed by atoms with van der Waals surface area (Å²) in [6, 6.07) is 17.2. The summed E-state index contributed by atoms with van der Waals surface area (Å²) in [5.41, 5.74) is 0.517. The molecular formula is C22H20ClN3O5S. The number of benzene rings is 2. The number of rotatable bonds is 8. The van der Waals surface area contributed by atoms with Crippen molar-refractivity contribution in [1.29, 1.82) is 0 Å². The number of hydrogen-bond acceptors (Lipinski definition) is 6. The van der Waals surface area contributed by atoms with Crippen LogP contribution in [0.4, 0.5) is 11.5 Å². The summed E-state index contributed by atoms with van der Waals surface area (Å²) in [7, 11) is -3.91. The largest absolute Gasteiger partial charge is 0.452 e. The van der Waals surface area contributed by atoms with E-state index in [4.69, 9.17) is 16.3 Å². The van der Waals surface area contributed by atoms with Gasteiger partial charge in [-0.2, -0.15) is 0 Å². The molecule has 3 rings (SSSR count). The number of aromatic nitrogens is 1. The molecule has 1 N–H and O–H groups in total.